The van der Waals surface area contributed by atoms with Crippen molar-refractivity contribution in [1.82, 2.24) is 4.90 Å². The molecule has 1 aliphatic heterocycles. The van der Waals surface area contributed by atoms with E-state index in [1.807, 2.05) is 6.92 Å². The van der Waals surface area contributed by atoms with Crippen LogP contribution >= 0.6 is 0 Å². The van der Waals surface area contributed by atoms with Gasteiger partial charge in [0.15, 0.2) is 0 Å². The number of hydrogen-bond donors (Lipinski definition) is 0. The van der Waals surface area contributed by atoms with Crippen LogP contribution in [0, 0.1) is 0 Å². The van der Waals surface area contributed by atoms with E-state index in [4.69, 9.17) is 4.74 Å². The zero-order valence-corrected chi connectivity index (χ0v) is 9.17. The number of likely N-dealkylation sites (tertiary alicyclic amines) is 1. The van der Waals surface area contributed by atoms with Gasteiger partial charge in [-0.1, -0.05) is 11.6 Å². The Morgan fingerprint density at radius 1 is 1.53 bits per heavy atom. The normalized spacial score (nSPS) is 20.1. The van der Waals surface area contributed by atoms with Crippen LogP contribution in [0.5, 0.6) is 0 Å². The summed E-state index contributed by atoms with van der Waals surface area (Å²) in [7, 11) is 0. The Morgan fingerprint density at radius 2 is 2.33 bits per heavy atom. The molecule has 3 nitrogen and oxygen atoms in total. The van der Waals surface area contributed by atoms with Crippen LogP contribution in [0.4, 0.5) is 9.18 Å². The highest BCUT2D eigenvalue weighted by atomic mass is 19.1. The first-order valence-electron chi connectivity index (χ1n) is 5.39. The minimum absolute atomic E-state index is 0.133. The molecule has 1 amide bonds. The molecule has 0 unspecified atom stereocenters. The molecule has 1 saturated heterocycles. The highest BCUT2D eigenvalue weighted by molar-refractivity contribution is 5.67. The summed E-state index contributed by atoms with van der Waals surface area (Å²) in [6.07, 6.45) is 4.64. The molecular weight excluding hydrogens is 197 g/mol. The maximum Gasteiger partial charge on any atom is 0.409 e. The van der Waals surface area contributed by atoms with Crippen molar-refractivity contribution in [2.45, 2.75) is 26.2 Å². The SMILES string of the molecule is CC=C1CCCN(C(=O)OCCF)CC1. The zero-order chi connectivity index (χ0) is 11.1. The van der Waals surface area contributed by atoms with Gasteiger partial charge in [-0.05, 0) is 26.2 Å². The number of hydrogen-bond acceptors (Lipinski definition) is 2. The minimum Gasteiger partial charge on any atom is -0.447 e. The van der Waals surface area contributed by atoms with Crippen LogP contribution in [-0.4, -0.2) is 37.4 Å². The van der Waals surface area contributed by atoms with Gasteiger partial charge in [-0.15, -0.1) is 0 Å². The summed E-state index contributed by atoms with van der Waals surface area (Å²) >= 11 is 0. The molecule has 1 rings (SSSR count). The van der Waals surface area contributed by atoms with Crippen molar-refractivity contribution >= 4 is 6.09 Å². The zero-order valence-electron chi connectivity index (χ0n) is 9.17. The van der Waals surface area contributed by atoms with E-state index in [2.05, 4.69) is 6.08 Å². The van der Waals surface area contributed by atoms with E-state index in [-0.39, 0.29) is 12.7 Å². The first kappa shape index (κ1) is 12.0. The number of allylic oxidation sites excluding steroid dienone is 1. The van der Waals surface area contributed by atoms with Crippen LogP contribution in [-0.2, 0) is 4.74 Å². The molecule has 0 spiro atoms. The number of carbonyl (C=O) groups excluding carboxylic acids is 1. The summed E-state index contributed by atoms with van der Waals surface area (Å²) in [5.41, 5.74) is 1.38. The molecule has 1 aliphatic rings. The first-order valence-corrected chi connectivity index (χ1v) is 5.39. The molecule has 0 saturated carbocycles. The molecule has 0 aromatic heterocycles. The second-order valence-electron chi connectivity index (χ2n) is 3.59. The monoisotopic (exact) mass is 215 g/mol. The maximum absolute atomic E-state index is 11.8. The quantitative estimate of drug-likeness (QED) is 0.662. The smallest absolute Gasteiger partial charge is 0.409 e. The molecule has 4 heteroatoms. The summed E-state index contributed by atoms with van der Waals surface area (Å²) < 4.78 is 16.6. The molecule has 0 atom stereocenters. The lowest BCUT2D eigenvalue weighted by Gasteiger charge is -2.18. The van der Waals surface area contributed by atoms with Gasteiger partial charge in [-0.2, -0.15) is 0 Å². The van der Waals surface area contributed by atoms with E-state index in [1.54, 1.807) is 4.90 Å². The van der Waals surface area contributed by atoms with Crippen molar-refractivity contribution in [2.75, 3.05) is 26.4 Å². The number of amides is 1. The molecule has 0 bridgehead atoms. The van der Waals surface area contributed by atoms with E-state index < -0.39 is 6.67 Å². The van der Waals surface area contributed by atoms with Gasteiger partial charge in [0.1, 0.15) is 13.3 Å². The van der Waals surface area contributed by atoms with Gasteiger partial charge in [0, 0.05) is 13.1 Å². The Bertz CT molecular complexity index is 241. The first-order chi connectivity index (χ1) is 7.27. The van der Waals surface area contributed by atoms with Gasteiger partial charge in [0.2, 0.25) is 0 Å². The molecule has 1 fully saturated rings. The van der Waals surface area contributed by atoms with Crippen molar-refractivity contribution in [3.63, 3.8) is 0 Å². The topological polar surface area (TPSA) is 29.5 Å². The lowest BCUT2D eigenvalue weighted by atomic mass is 10.1. The molecular formula is C11H18FNO2. The van der Waals surface area contributed by atoms with Crippen molar-refractivity contribution in [2.24, 2.45) is 0 Å². The van der Waals surface area contributed by atoms with Crippen molar-refractivity contribution in [1.29, 1.82) is 0 Å². The molecule has 0 N–H and O–H groups in total. The van der Waals surface area contributed by atoms with E-state index in [0.29, 0.717) is 13.1 Å². The van der Waals surface area contributed by atoms with Crippen LogP contribution < -0.4 is 0 Å². The number of rotatable bonds is 2. The average molecular weight is 215 g/mol. The second kappa shape index (κ2) is 6.43. The average Bonchev–Trinajstić information content (AvgIpc) is 2.50. The van der Waals surface area contributed by atoms with E-state index in [0.717, 1.165) is 19.3 Å². The summed E-state index contributed by atoms with van der Waals surface area (Å²) in [5.74, 6) is 0. The minimum atomic E-state index is -0.611. The molecule has 0 aliphatic carbocycles. The summed E-state index contributed by atoms with van der Waals surface area (Å²) in [5, 5.41) is 0. The third-order valence-corrected chi connectivity index (χ3v) is 2.60. The number of carbonyl (C=O) groups is 1. The van der Waals surface area contributed by atoms with Crippen molar-refractivity contribution in [3.8, 4) is 0 Å². The van der Waals surface area contributed by atoms with Crippen LogP contribution in [0.25, 0.3) is 0 Å². The number of halogens is 1. The Labute approximate surface area is 89.9 Å². The lowest BCUT2D eigenvalue weighted by molar-refractivity contribution is 0.0977. The van der Waals surface area contributed by atoms with Gasteiger partial charge in [-0.25, -0.2) is 9.18 Å². The number of alkyl halides is 1. The third-order valence-electron chi connectivity index (χ3n) is 2.60. The van der Waals surface area contributed by atoms with Crippen molar-refractivity contribution < 1.29 is 13.9 Å². The van der Waals surface area contributed by atoms with Gasteiger partial charge in [0.25, 0.3) is 0 Å². The Hall–Kier alpha value is -1.06. The molecule has 86 valence electrons. The predicted octanol–water partition coefficient (Wildman–Crippen LogP) is 2.52. The lowest BCUT2D eigenvalue weighted by Crippen LogP contribution is -2.32. The van der Waals surface area contributed by atoms with E-state index in [1.165, 1.54) is 5.57 Å². The van der Waals surface area contributed by atoms with Crippen molar-refractivity contribution in [3.05, 3.63) is 11.6 Å². The summed E-state index contributed by atoms with van der Waals surface area (Å²) in [6, 6.07) is 0. The molecule has 0 radical (unpaired) electrons. The Balaban J connectivity index is 2.39. The summed E-state index contributed by atoms with van der Waals surface area (Å²) in [4.78, 5) is 13.1. The number of nitrogens with zero attached hydrogens (tertiary/aromatic N) is 1. The van der Waals surface area contributed by atoms with Gasteiger partial charge >= 0.3 is 6.09 Å². The highest BCUT2D eigenvalue weighted by Crippen LogP contribution is 2.16. The van der Waals surface area contributed by atoms with Gasteiger partial charge < -0.3 is 9.64 Å². The maximum atomic E-state index is 11.8. The van der Waals surface area contributed by atoms with Crippen LogP contribution in [0.3, 0.4) is 0 Å². The largest absolute Gasteiger partial charge is 0.447 e. The summed E-state index contributed by atoms with van der Waals surface area (Å²) in [6.45, 7) is 2.67. The van der Waals surface area contributed by atoms with Gasteiger partial charge in [-0.3, -0.25) is 0 Å². The molecule has 1 heterocycles. The molecule has 0 aromatic rings. The molecule has 15 heavy (non-hydrogen) atoms. The fourth-order valence-electron chi connectivity index (χ4n) is 1.70. The van der Waals surface area contributed by atoms with Crippen LogP contribution in [0.2, 0.25) is 0 Å². The fraction of sp³-hybridized carbons (Fsp3) is 0.727. The van der Waals surface area contributed by atoms with Crippen LogP contribution in [0.1, 0.15) is 26.2 Å². The van der Waals surface area contributed by atoms with Gasteiger partial charge in [0.05, 0.1) is 0 Å². The fourth-order valence-corrected chi connectivity index (χ4v) is 1.70. The number of ether oxygens (including phenoxy) is 1. The highest BCUT2D eigenvalue weighted by Gasteiger charge is 2.17. The molecule has 0 aromatic carbocycles. The second-order valence-corrected chi connectivity index (χ2v) is 3.59. The predicted molar refractivity (Wildman–Crippen MR) is 56.5 cm³/mol. The third kappa shape index (κ3) is 3.90. The standard InChI is InChI=1S/C11H18FNO2/c1-2-10-4-3-7-13(8-5-10)11(14)15-9-6-12/h2H,3-9H2,1H3. The Kier molecular flexibility index (Phi) is 5.15. The van der Waals surface area contributed by atoms with Crippen LogP contribution in [0.15, 0.2) is 11.6 Å². The van der Waals surface area contributed by atoms with E-state index in [9.17, 15) is 9.18 Å². The Morgan fingerprint density at radius 3 is 3.00 bits per heavy atom. The van der Waals surface area contributed by atoms with E-state index >= 15 is 0 Å².